The molecule has 0 fully saturated rings. The topological polar surface area (TPSA) is 101 Å². The first kappa shape index (κ1) is 32.3. The van der Waals surface area contributed by atoms with E-state index in [1.165, 1.54) is 23.0 Å². The van der Waals surface area contributed by atoms with Crippen LogP contribution in [0.1, 0.15) is 56.9 Å². The Morgan fingerprint density at radius 3 is 2.36 bits per heavy atom. The van der Waals surface area contributed by atoms with Crippen LogP contribution >= 0.6 is 0 Å². The molecule has 1 atom stereocenters. The number of halogens is 3. The Bertz CT molecular complexity index is 1690. The lowest BCUT2D eigenvalue weighted by molar-refractivity contribution is -0.137. The first-order valence-electron chi connectivity index (χ1n) is 14.6. The van der Waals surface area contributed by atoms with Crippen LogP contribution in [0.4, 0.5) is 18.0 Å². The lowest BCUT2D eigenvalue weighted by atomic mass is 10.1. The van der Waals surface area contributed by atoms with Crippen molar-refractivity contribution in [1.29, 1.82) is 5.26 Å². The van der Waals surface area contributed by atoms with E-state index in [0.29, 0.717) is 29.8 Å². The molecule has 0 bridgehead atoms. The SMILES string of the molecule is CCCC(CCN(CC)CC)NC(=O)n1c(-c2ccnn2-c2ccc(C#N)cc2)c(C)n(-c2cccc(C(F)(F)F)c2)c1=O. The number of nitrogens with zero attached hydrogens (tertiary/aromatic N) is 6. The average molecular weight is 608 g/mol. The molecule has 2 aromatic carbocycles. The molecule has 44 heavy (non-hydrogen) atoms. The molecule has 12 heteroatoms. The molecule has 0 radical (unpaired) electrons. The number of nitrogens with one attached hydrogen (secondary N) is 1. The minimum absolute atomic E-state index is 0.0220. The van der Waals surface area contributed by atoms with Crippen LogP contribution in [-0.4, -0.2) is 55.5 Å². The minimum atomic E-state index is -4.62. The third-order valence-corrected chi connectivity index (χ3v) is 7.70. The highest BCUT2D eigenvalue weighted by atomic mass is 19.4. The van der Waals surface area contributed by atoms with Crippen LogP contribution in [0.25, 0.3) is 22.8 Å². The Hall–Kier alpha value is -4.63. The number of hydrogen-bond acceptors (Lipinski definition) is 5. The Labute approximate surface area is 254 Å². The molecule has 0 saturated carbocycles. The first-order chi connectivity index (χ1) is 21.0. The van der Waals surface area contributed by atoms with Crippen LogP contribution in [0.2, 0.25) is 0 Å². The lowest BCUT2D eigenvalue weighted by Gasteiger charge is -2.23. The number of imidazole rings is 1. The van der Waals surface area contributed by atoms with Gasteiger partial charge in [0.15, 0.2) is 0 Å². The van der Waals surface area contributed by atoms with Gasteiger partial charge in [-0.1, -0.05) is 33.3 Å². The van der Waals surface area contributed by atoms with Crippen molar-refractivity contribution in [2.75, 3.05) is 19.6 Å². The van der Waals surface area contributed by atoms with Gasteiger partial charge >= 0.3 is 17.9 Å². The standard InChI is InChI=1S/C32H36F3N7O2/c1-5-9-25(17-19-39(6-2)7-3)38-30(43)41-29(28-16-18-37-42(28)26-14-12-23(21-36)13-15-26)22(4)40(31(41)44)27-11-8-10-24(20-27)32(33,34)35/h8,10-16,18,20,25H,5-7,9,17,19H2,1-4H3,(H,38,43). The van der Waals surface area contributed by atoms with E-state index in [0.717, 1.165) is 47.3 Å². The summed E-state index contributed by atoms with van der Waals surface area (Å²) in [6.45, 7) is 10.2. The van der Waals surface area contributed by atoms with Gasteiger partial charge in [0.2, 0.25) is 0 Å². The monoisotopic (exact) mass is 607 g/mol. The van der Waals surface area contributed by atoms with Crippen molar-refractivity contribution in [2.45, 2.75) is 59.2 Å². The number of hydrogen-bond donors (Lipinski definition) is 1. The number of aromatic nitrogens is 4. The molecule has 2 heterocycles. The summed E-state index contributed by atoms with van der Waals surface area (Å²) in [6.07, 6.45) is -0.954. The third-order valence-electron chi connectivity index (χ3n) is 7.70. The van der Waals surface area contributed by atoms with E-state index in [9.17, 15) is 28.0 Å². The average Bonchev–Trinajstić information content (AvgIpc) is 3.59. The molecule has 4 rings (SSSR count). The van der Waals surface area contributed by atoms with E-state index in [-0.39, 0.29) is 23.1 Å². The van der Waals surface area contributed by atoms with E-state index in [2.05, 4.69) is 35.2 Å². The van der Waals surface area contributed by atoms with E-state index in [1.54, 1.807) is 37.3 Å². The lowest BCUT2D eigenvalue weighted by Crippen LogP contribution is -2.43. The fraction of sp³-hybridized carbons (Fsp3) is 0.375. The molecule has 2 aromatic heterocycles. The Morgan fingerprint density at radius 1 is 1.05 bits per heavy atom. The molecule has 9 nitrogen and oxygen atoms in total. The molecule has 1 N–H and O–H groups in total. The van der Waals surface area contributed by atoms with Gasteiger partial charge in [0, 0.05) is 12.6 Å². The molecule has 0 aliphatic rings. The summed E-state index contributed by atoms with van der Waals surface area (Å²) in [6, 6.07) is 13.8. The van der Waals surface area contributed by atoms with Crippen molar-refractivity contribution < 1.29 is 18.0 Å². The fourth-order valence-corrected chi connectivity index (χ4v) is 5.34. The minimum Gasteiger partial charge on any atom is -0.334 e. The second-order valence-corrected chi connectivity index (χ2v) is 10.5. The van der Waals surface area contributed by atoms with Crippen LogP contribution in [-0.2, 0) is 6.18 Å². The normalized spacial score (nSPS) is 12.3. The zero-order chi connectivity index (χ0) is 32.0. The molecule has 232 valence electrons. The highest BCUT2D eigenvalue weighted by Crippen LogP contribution is 2.32. The predicted octanol–water partition coefficient (Wildman–Crippen LogP) is 6.15. The van der Waals surface area contributed by atoms with Gasteiger partial charge in [-0.3, -0.25) is 4.57 Å². The maximum atomic E-state index is 14.0. The summed E-state index contributed by atoms with van der Waals surface area (Å²) in [5.41, 5.74) is 0.0883. The second kappa shape index (κ2) is 13.8. The largest absolute Gasteiger partial charge is 0.416 e. The third kappa shape index (κ3) is 6.78. The van der Waals surface area contributed by atoms with Gasteiger partial charge in [-0.15, -0.1) is 0 Å². The molecule has 4 aromatic rings. The summed E-state index contributed by atoms with van der Waals surface area (Å²) >= 11 is 0. The molecule has 0 aliphatic carbocycles. The Balaban J connectivity index is 1.88. The molecule has 0 saturated heterocycles. The van der Waals surface area contributed by atoms with Crippen LogP contribution in [0.3, 0.4) is 0 Å². The number of amides is 1. The van der Waals surface area contributed by atoms with Gasteiger partial charge in [0.1, 0.15) is 5.69 Å². The summed E-state index contributed by atoms with van der Waals surface area (Å²) < 4.78 is 44.5. The Kier molecular flexibility index (Phi) is 10.1. The van der Waals surface area contributed by atoms with Crippen molar-refractivity contribution in [3.8, 4) is 28.8 Å². The van der Waals surface area contributed by atoms with Crippen LogP contribution in [0, 0.1) is 18.3 Å². The van der Waals surface area contributed by atoms with Gasteiger partial charge in [-0.2, -0.15) is 23.5 Å². The maximum Gasteiger partial charge on any atom is 0.416 e. The molecule has 0 spiro atoms. The summed E-state index contributed by atoms with van der Waals surface area (Å²) in [5.74, 6) is 0. The van der Waals surface area contributed by atoms with Gasteiger partial charge in [-0.05, 0) is 81.4 Å². The molecule has 1 amide bonds. The number of rotatable bonds is 11. The maximum absolute atomic E-state index is 14.0. The van der Waals surface area contributed by atoms with Crippen molar-refractivity contribution >= 4 is 6.03 Å². The van der Waals surface area contributed by atoms with Crippen molar-refractivity contribution in [2.24, 2.45) is 0 Å². The smallest absolute Gasteiger partial charge is 0.334 e. The Morgan fingerprint density at radius 2 is 1.75 bits per heavy atom. The zero-order valence-electron chi connectivity index (χ0n) is 25.2. The number of nitriles is 1. The fourth-order valence-electron chi connectivity index (χ4n) is 5.34. The van der Waals surface area contributed by atoms with Crippen LogP contribution < -0.4 is 11.0 Å². The number of carbonyl (C=O) groups is 1. The zero-order valence-corrected chi connectivity index (χ0v) is 25.2. The van der Waals surface area contributed by atoms with E-state index in [1.807, 2.05) is 6.92 Å². The summed E-state index contributed by atoms with van der Waals surface area (Å²) in [7, 11) is 0. The van der Waals surface area contributed by atoms with Gasteiger partial charge < -0.3 is 10.2 Å². The second-order valence-electron chi connectivity index (χ2n) is 10.5. The summed E-state index contributed by atoms with van der Waals surface area (Å²) in [4.78, 5) is 30.3. The highest BCUT2D eigenvalue weighted by Gasteiger charge is 2.32. The predicted molar refractivity (Wildman–Crippen MR) is 162 cm³/mol. The summed E-state index contributed by atoms with van der Waals surface area (Å²) in [5, 5.41) is 16.6. The van der Waals surface area contributed by atoms with E-state index < -0.39 is 23.5 Å². The number of carbonyl (C=O) groups excluding carboxylic acids is 1. The highest BCUT2D eigenvalue weighted by molar-refractivity contribution is 5.83. The van der Waals surface area contributed by atoms with Gasteiger partial charge in [0.05, 0.1) is 46.2 Å². The van der Waals surface area contributed by atoms with Gasteiger partial charge in [-0.25, -0.2) is 18.8 Å². The molecule has 0 aliphatic heterocycles. The van der Waals surface area contributed by atoms with Gasteiger partial charge in [0.25, 0.3) is 0 Å². The van der Waals surface area contributed by atoms with Crippen molar-refractivity contribution in [1.82, 2.24) is 29.1 Å². The van der Waals surface area contributed by atoms with Crippen LogP contribution in [0.15, 0.2) is 65.6 Å². The van der Waals surface area contributed by atoms with E-state index in [4.69, 9.17) is 0 Å². The van der Waals surface area contributed by atoms with Crippen LogP contribution in [0.5, 0.6) is 0 Å². The first-order valence-corrected chi connectivity index (χ1v) is 14.6. The molecular formula is C32H36F3N7O2. The molecule has 1 unspecified atom stereocenters. The van der Waals surface area contributed by atoms with E-state index >= 15 is 0 Å². The number of alkyl halides is 3. The number of benzene rings is 2. The molecular weight excluding hydrogens is 571 g/mol. The quantitative estimate of drug-likeness (QED) is 0.221. The van der Waals surface area contributed by atoms with Crippen molar-refractivity contribution in [3.63, 3.8) is 0 Å². The van der Waals surface area contributed by atoms with Crippen molar-refractivity contribution in [3.05, 3.63) is 88.1 Å².